The largest absolute Gasteiger partial charge is 0.208 e. The molecule has 0 bridgehead atoms. The average molecular weight is 649 g/mol. The van der Waals surface area contributed by atoms with Gasteiger partial charge in [-0.15, -0.1) is 0 Å². The molecular formula is C47H28N4. The maximum atomic E-state index is 10.6. The second-order valence-electron chi connectivity index (χ2n) is 13.0. The maximum absolute atomic E-state index is 10.6. The van der Waals surface area contributed by atoms with Crippen LogP contribution in [-0.4, -0.2) is 15.0 Å². The van der Waals surface area contributed by atoms with Crippen molar-refractivity contribution in [2.45, 2.75) is 5.41 Å². The van der Waals surface area contributed by atoms with E-state index in [4.69, 9.17) is 15.0 Å². The maximum Gasteiger partial charge on any atom is 0.164 e. The van der Waals surface area contributed by atoms with E-state index in [1.807, 2.05) is 72.8 Å². The highest BCUT2D eigenvalue weighted by Crippen LogP contribution is 2.64. The molecule has 0 fully saturated rings. The van der Waals surface area contributed by atoms with E-state index in [2.05, 4.69) is 103 Å². The molecule has 0 saturated carbocycles. The van der Waals surface area contributed by atoms with Crippen LogP contribution in [0, 0.1) is 11.3 Å². The quantitative estimate of drug-likeness (QED) is 0.191. The van der Waals surface area contributed by atoms with Gasteiger partial charge in [-0.05, 0) is 62.2 Å². The molecule has 0 unspecified atom stereocenters. The second-order valence-corrected chi connectivity index (χ2v) is 13.0. The minimum Gasteiger partial charge on any atom is -0.208 e. The molecule has 51 heavy (non-hydrogen) atoms. The highest BCUT2D eigenvalue weighted by Gasteiger charge is 2.52. The van der Waals surface area contributed by atoms with Crippen molar-refractivity contribution in [1.82, 2.24) is 15.0 Å². The molecule has 236 valence electrons. The summed E-state index contributed by atoms with van der Waals surface area (Å²) in [6.07, 6.45) is 0. The number of fused-ring (bicyclic) bond motifs is 10. The van der Waals surface area contributed by atoms with Crippen molar-refractivity contribution in [1.29, 1.82) is 5.26 Å². The average Bonchev–Trinajstić information content (AvgIpc) is 3.69. The molecule has 0 amide bonds. The van der Waals surface area contributed by atoms with Crippen LogP contribution >= 0.6 is 0 Å². The fourth-order valence-corrected chi connectivity index (χ4v) is 8.33. The van der Waals surface area contributed by atoms with Crippen LogP contribution in [0.15, 0.2) is 170 Å². The van der Waals surface area contributed by atoms with Crippen LogP contribution in [0.25, 0.3) is 67.5 Å². The van der Waals surface area contributed by atoms with Gasteiger partial charge in [-0.1, -0.05) is 158 Å². The Hall–Kier alpha value is -6.96. The van der Waals surface area contributed by atoms with Crippen LogP contribution < -0.4 is 0 Å². The Balaban J connectivity index is 1.21. The molecule has 4 nitrogen and oxygen atoms in total. The van der Waals surface area contributed by atoms with Gasteiger partial charge in [0.1, 0.15) is 0 Å². The van der Waals surface area contributed by atoms with Crippen LogP contribution in [-0.2, 0) is 5.41 Å². The van der Waals surface area contributed by atoms with Crippen LogP contribution in [0.1, 0.15) is 27.8 Å². The summed E-state index contributed by atoms with van der Waals surface area (Å²) in [5.41, 5.74) is 14.4. The lowest BCUT2D eigenvalue weighted by atomic mass is 9.70. The standard InChI is InChI=1S/C47H28N4/c48-29-34-20-12-26-40-42(34)43-35(23-13-27-41(43)47(40)38-24-9-7-21-36(38)37-22-8-10-25-39(37)47)32-18-11-19-33(28-32)46-50-44(30-14-3-1-4-15-30)49-45(51-46)31-16-5-2-6-17-31/h1-28H. The summed E-state index contributed by atoms with van der Waals surface area (Å²) in [5, 5.41) is 10.6. The molecular weight excluding hydrogens is 621 g/mol. The Kier molecular flexibility index (Phi) is 6.43. The van der Waals surface area contributed by atoms with Gasteiger partial charge in [0.15, 0.2) is 17.5 Å². The number of nitrogens with zero attached hydrogens (tertiary/aromatic N) is 4. The summed E-state index contributed by atoms with van der Waals surface area (Å²) in [6, 6.07) is 61.4. The first kappa shape index (κ1) is 29.0. The van der Waals surface area contributed by atoms with Crippen LogP contribution in [0.5, 0.6) is 0 Å². The van der Waals surface area contributed by atoms with Gasteiger partial charge in [-0.2, -0.15) is 5.26 Å². The predicted octanol–water partition coefficient (Wildman–Crippen LogP) is 10.8. The fourth-order valence-electron chi connectivity index (χ4n) is 8.33. The van der Waals surface area contributed by atoms with Crippen molar-refractivity contribution in [3.63, 3.8) is 0 Å². The second kappa shape index (κ2) is 11.3. The number of hydrogen-bond donors (Lipinski definition) is 0. The van der Waals surface area contributed by atoms with Gasteiger partial charge in [0.25, 0.3) is 0 Å². The number of nitriles is 1. The zero-order chi connectivity index (χ0) is 33.9. The number of rotatable bonds is 4. The van der Waals surface area contributed by atoms with Gasteiger partial charge in [0.2, 0.25) is 0 Å². The monoisotopic (exact) mass is 648 g/mol. The van der Waals surface area contributed by atoms with Gasteiger partial charge in [-0.3, -0.25) is 0 Å². The lowest BCUT2D eigenvalue weighted by Crippen LogP contribution is -2.25. The predicted molar refractivity (Wildman–Crippen MR) is 203 cm³/mol. The van der Waals surface area contributed by atoms with Crippen molar-refractivity contribution in [3.8, 4) is 73.6 Å². The Morgan fingerprint density at radius 1 is 0.373 bits per heavy atom. The summed E-state index contributed by atoms with van der Waals surface area (Å²) in [4.78, 5) is 14.9. The van der Waals surface area contributed by atoms with Crippen molar-refractivity contribution in [2.24, 2.45) is 0 Å². The van der Waals surface area contributed by atoms with Crippen molar-refractivity contribution >= 4 is 0 Å². The topological polar surface area (TPSA) is 62.5 Å². The molecule has 1 spiro atoms. The van der Waals surface area contributed by atoms with E-state index in [0.29, 0.717) is 23.0 Å². The summed E-state index contributed by atoms with van der Waals surface area (Å²) < 4.78 is 0. The van der Waals surface area contributed by atoms with E-state index >= 15 is 0 Å². The molecule has 8 aromatic rings. The van der Waals surface area contributed by atoms with E-state index < -0.39 is 5.41 Å². The van der Waals surface area contributed by atoms with Crippen molar-refractivity contribution in [2.75, 3.05) is 0 Å². The van der Waals surface area contributed by atoms with Gasteiger partial charge in [0, 0.05) is 22.3 Å². The van der Waals surface area contributed by atoms with E-state index in [0.717, 1.165) is 44.5 Å². The molecule has 2 aliphatic carbocycles. The molecule has 1 aromatic heterocycles. The van der Waals surface area contributed by atoms with Gasteiger partial charge >= 0.3 is 0 Å². The summed E-state index contributed by atoms with van der Waals surface area (Å²) in [5.74, 6) is 1.85. The lowest BCUT2D eigenvalue weighted by molar-refractivity contribution is 0.793. The first-order valence-electron chi connectivity index (χ1n) is 17.1. The van der Waals surface area contributed by atoms with Gasteiger partial charge in [0.05, 0.1) is 17.0 Å². The molecule has 4 heteroatoms. The van der Waals surface area contributed by atoms with Crippen LogP contribution in [0.4, 0.5) is 0 Å². The Morgan fingerprint density at radius 2 is 0.804 bits per heavy atom. The molecule has 2 aliphatic rings. The highest BCUT2D eigenvalue weighted by atomic mass is 15.0. The van der Waals surface area contributed by atoms with E-state index in [1.54, 1.807) is 0 Å². The van der Waals surface area contributed by atoms with Crippen LogP contribution in [0.3, 0.4) is 0 Å². The molecule has 0 atom stereocenters. The number of benzene rings is 7. The summed E-state index contributed by atoms with van der Waals surface area (Å²) >= 11 is 0. The van der Waals surface area contributed by atoms with Crippen LogP contribution in [0.2, 0.25) is 0 Å². The van der Waals surface area contributed by atoms with E-state index in [9.17, 15) is 5.26 Å². The van der Waals surface area contributed by atoms with E-state index in [1.165, 1.54) is 27.8 Å². The fraction of sp³-hybridized carbons (Fsp3) is 0.0213. The molecule has 0 radical (unpaired) electrons. The minimum atomic E-state index is -0.540. The SMILES string of the molecule is N#Cc1cccc2c1-c1c(-c3cccc(-c4nc(-c5ccccc5)nc(-c5ccccc5)n4)c3)cccc1C21c2ccccc2-c2ccccc21. The smallest absolute Gasteiger partial charge is 0.164 e. The molecule has 7 aromatic carbocycles. The number of aromatic nitrogens is 3. The third kappa shape index (κ3) is 4.22. The summed E-state index contributed by atoms with van der Waals surface area (Å²) in [6.45, 7) is 0. The molecule has 10 rings (SSSR count). The third-order valence-electron chi connectivity index (χ3n) is 10.4. The zero-order valence-corrected chi connectivity index (χ0v) is 27.5. The summed E-state index contributed by atoms with van der Waals surface area (Å²) in [7, 11) is 0. The van der Waals surface area contributed by atoms with E-state index in [-0.39, 0.29) is 0 Å². The van der Waals surface area contributed by atoms with Gasteiger partial charge in [-0.25, -0.2) is 15.0 Å². The minimum absolute atomic E-state index is 0.540. The molecule has 0 aliphatic heterocycles. The molecule has 0 saturated heterocycles. The first-order chi connectivity index (χ1) is 25.3. The Labute approximate surface area is 296 Å². The molecule has 1 heterocycles. The normalized spacial score (nSPS) is 12.8. The number of hydrogen-bond acceptors (Lipinski definition) is 4. The Bertz CT molecular complexity index is 2600. The van der Waals surface area contributed by atoms with Crippen molar-refractivity contribution in [3.05, 3.63) is 198 Å². The highest BCUT2D eigenvalue weighted by molar-refractivity contribution is 6.01. The van der Waals surface area contributed by atoms with Crippen molar-refractivity contribution < 1.29 is 0 Å². The Morgan fingerprint density at radius 3 is 1.41 bits per heavy atom. The third-order valence-corrected chi connectivity index (χ3v) is 10.4. The lowest BCUT2D eigenvalue weighted by Gasteiger charge is -2.30. The van der Waals surface area contributed by atoms with Gasteiger partial charge < -0.3 is 0 Å². The first-order valence-corrected chi connectivity index (χ1v) is 17.1. The molecule has 0 N–H and O–H groups in total. The zero-order valence-electron chi connectivity index (χ0n) is 27.5.